The van der Waals surface area contributed by atoms with E-state index in [9.17, 15) is 0 Å². The lowest BCUT2D eigenvalue weighted by Crippen LogP contribution is -2.38. The molecule has 1 atom stereocenters. The van der Waals surface area contributed by atoms with Crippen LogP contribution in [0.15, 0.2) is 11.1 Å². The second kappa shape index (κ2) is 9.85. The normalized spacial score (nSPS) is 18.2. The molecule has 0 amide bonds. The van der Waals surface area contributed by atoms with Crippen molar-refractivity contribution in [2.45, 2.75) is 31.9 Å². The summed E-state index contributed by atoms with van der Waals surface area (Å²) in [4.78, 5) is 4.20. The molecular formula is C14H23Cl2IN4O. The summed E-state index contributed by atoms with van der Waals surface area (Å²) < 4.78 is 7.45. The molecular weight excluding hydrogens is 438 g/mol. The molecule has 0 aromatic carbocycles. The minimum atomic E-state index is 0. The Balaban J connectivity index is 0.00000242. The topological polar surface area (TPSA) is 50.6 Å². The van der Waals surface area contributed by atoms with Crippen molar-refractivity contribution in [2.24, 2.45) is 12.0 Å². The third-order valence-electron chi connectivity index (χ3n) is 3.66. The molecule has 5 nitrogen and oxygen atoms in total. The number of nitrogens with one attached hydrogen (secondary N) is 2. The van der Waals surface area contributed by atoms with Crippen molar-refractivity contribution in [3.05, 3.63) is 21.9 Å². The van der Waals surface area contributed by atoms with Gasteiger partial charge in [-0.15, -0.1) is 24.0 Å². The summed E-state index contributed by atoms with van der Waals surface area (Å²) in [6, 6.07) is 1.86. The largest absolute Gasteiger partial charge is 0.378 e. The molecule has 1 saturated heterocycles. The van der Waals surface area contributed by atoms with Crippen LogP contribution in [-0.2, 0) is 18.3 Å². The standard InChI is InChI=1S/C14H22Cl2N4O.HI/c1-17-14(18-6-5-11-4-3-7-21-11)19-9-10-8-12(15)13(16)20(10)2;/h8,11H,3-7,9H2,1-2H3,(H2,17,18,19);1H. The summed E-state index contributed by atoms with van der Waals surface area (Å²) in [5, 5.41) is 7.66. The van der Waals surface area contributed by atoms with Crippen molar-refractivity contribution in [3.8, 4) is 0 Å². The van der Waals surface area contributed by atoms with Gasteiger partial charge >= 0.3 is 0 Å². The van der Waals surface area contributed by atoms with Crippen LogP contribution >= 0.6 is 47.2 Å². The van der Waals surface area contributed by atoms with Crippen molar-refractivity contribution in [3.63, 3.8) is 0 Å². The zero-order chi connectivity index (χ0) is 15.2. The van der Waals surface area contributed by atoms with Gasteiger partial charge in [-0.25, -0.2) is 0 Å². The Bertz CT molecular complexity index is 501. The third kappa shape index (κ3) is 5.47. The van der Waals surface area contributed by atoms with Crippen molar-refractivity contribution in [2.75, 3.05) is 20.2 Å². The smallest absolute Gasteiger partial charge is 0.191 e. The number of ether oxygens (including phenoxy) is 1. The molecule has 1 fully saturated rings. The number of hydrogen-bond donors (Lipinski definition) is 2. The predicted molar refractivity (Wildman–Crippen MR) is 103 cm³/mol. The van der Waals surface area contributed by atoms with Gasteiger partial charge in [0.1, 0.15) is 5.15 Å². The first-order chi connectivity index (χ1) is 10.1. The number of rotatable bonds is 5. The number of nitrogens with zero attached hydrogens (tertiary/aromatic N) is 2. The number of hydrogen-bond acceptors (Lipinski definition) is 2. The first-order valence-corrected chi connectivity index (χ1v) is 7.93. The summed E-state index contributed by atoms with van der Waals surface area (Å²) in [6.45, 7) is 2.36. The first-order valence-electron chi connectivity index (χ1n) is 7.17. The molecule has 1 aromatic heterocycles. The highest BCUT2D eigenvalue weighted by Gasteiger charge is 2.15. The van der Waals surface area contributed by atoms with Crippen molar-refractivity contribution in [1.29, 1.82) is 0 Å². The van der Waals surface area contributed by atoms with Gasteiger partial charge in [-0.2, -0.15) is 0 Å². The monoisotopic (exact) mass is 460 g/mol. The van der Waals surface area contributed by atoms with Gasteiger partial charge in [0.2, 0.25) is 0 Å². The zero-order valence-corrected chi connectivity index (χ0v) is 16.7. The maximum absolute atomic E-state index is 6.05. The second-order valence-electron chi connectivity index (χ2n) is 5.11. The highest BCUT2D eigenvalue weighted by Crippen LogP contribution is 2.24. The molecule has 1 aromatic rings. The second-order valence-corrected chi connectivity index (χ2v) is 5.87. The average molecular weight is 461 g/mol. The molecule has 2 rings (SSSR count). The van der Waals surface area contributed by atoms with Gasteiger partial charge in [-0.3, -0.25) is 4.99 Å². The number of halogens is 3. The summed E-state index contributed by atoms with van der Waals surface area (Å²) in [5.74, 6) is 0.765. The Labute approximate surface area is 158 Å². The fraction of sp³-hybridized carbons (Fsp3) is 0.643. The number of guanidine groups is 1. The first kappa shape index (κ1) is 19.9. The maximum Gasteiger partial charge on any atom is 0.191 e. The van der Waals surface area contributed by atoms with E-state index < -0.39 is 0 Å². The van der Waals surface area contributed by atoms with Crippen LogP contribution in [0.4, 0.5) is 0 Å². The Morgan fingerprint density at radius 1 is 1.45 bits per heavy atom. The van der Waals surface area contributed by atoms with Crippen LogP contribution in [0.5, 0.6) is 0 Å². The summed E-state index contributed by atoms with van der Waals surface area (Å²) >= 11 is 12.0. The Hall–Kier alpha value is -0.180. The Morgan fingerprint density at radius 3 is 2.77 bits per heavy atom. The van der Waals surface area contributed by atoms with E-state index in [0.29, 0.717) is 22.8 Å². The van der Waals surface area contributed by atoms with Crippen molar-refractivity contribution >= 4 is 53.1 Å². The van der Waals surface area contributed by atoms with E-state index in [1.165, 1.54) is 6.42 Å². The lowest BCUT2D eigenvalue weighted by Gasteiger charge is -2.14. The van der Waals surface area contributed by atoms with Gasteiger partial charge in [-0.1, -0.05) is 23.2 Å². The van der Waals surface area contributed by atoms with Gasteiger partial charge in [-0.05, 0) is 25.3 Å². The molecule has 8 heteroatoms. The lowest BCUT2D eigenvalue weighted by molar-refractivity contribution is 0.105. The van der Waals surface area contributed by atoms with E-state index in [4.69, 9.17) is 27.9 Å². The SMILES string of the molecule is CN=C(NCCC1CCCO1)NCc1cc(Cl)c(Cl)n1C.I. The summed E-state index contributed by atoms with van der Waals surface area (Å²) in [7, 11) is 3.64. The van der Waals surface area contributed by atoms with Gasteiger partial charge < -0.3 is 19.9 Å². The Morgan fingerprint density at radius 2 is 2.23 bits per heavy atom. The average Bonchev–Trinajstić information content (AvgIpc) is 3.07. The van der Waals surface area contributed by atoms with Gasteiger partial charge in [0.05, 0.1) is 17.7 Å². The van der Waals surface area contributed by atoms with E-state index in [0.717, 1.165) is 37.6 Å². The van der Waals surface area contributed by atoms with Crippen LogP contribution in [0.1, 0.15) is 25.0 Å². The molecule has 0 saturated carbocycles. The van der Waals surface area contributed by atoms with Gasteiger partial charge in [0.25, 0.3) is 0 Å². The van der Waals surface area contributed by atoms with Crippen LogP contribution in [0.3, 0.4) is 0 Å². The quantitative estimate of drug-likeness (QED) is 0.403. The fourth-order valence-corrected chi connectivity index (χ4v) is 2.79. The minimum absolute atomic E-state index is 0. The molecule has 1 aliphatic rings. The van der Waals surface area contributed by atoms with Crippen molar-refractivity contribution in [1.82, 2.24) is 15.2 Å². The highest BCUT2D eigenvalue weighted by atomic mass is 127. The summed E-state index contributed by atoms with van der Waals surface area (Å²) in [5.41, 5.74) is 1.01. The molecule has 2 N–H and O–H groups in total. The lowest BCUT2D eigenvalue weighted by atomic mass is 10.2. The number of aliphatic imine (C=N–C) groups is 1. The van der Waals surface area contributed by atoms with Crippen LogP contribution in [-0.4, -0.2) is 36.8 Å². The van der Waals surface area contributed by atoms with Crippen LogP contribution in [0.2, 0.25) is 10.2 Å². The fourth-order valence-electron chi connectivity index (χ4n) is 2.38. The third-order valence-corrected chi connectivity index (χ3v) is 4.50. The van der Waals surface area contributed by atoms with Crippen LogP contribution in [0, 0.1) is 0 Å². The molecule has 1 aliphatic heterocycles. The molecule has 1 unspecified atom stereocenters. The van der Waals surface area contributed by atoms with E-state index >= 15 is 0 Å². The zero-order valence-electron chi connectivity index (χ0n) is 12.9. The molecule has 0 bridgehead atoms. The molecule has 22 heavy (non-hydrogen) atoms. The van der Waals surface area contributed by atoms with Crippen molar-refractivity contribution < 1.29 is 4.74 Å². The minimum Gasteiger partial charge on any atom is -0.378 e. The molecule has 2 heterocycles. The van der Waals surface area contributed by atoms with Crippen LogP contribution < -0.4 is 10.6 Å². The molecule has 126 valence electrons. The molecule has 0 aliphatic carbocycles. The van der Waals surface area contributed by atoms with Gasteiger partial charge in [0, 0.05) is 32.9 Å². The van der Waals surface area contributed by atoms with E-state index in [1.807, 2.05) is 17.7 Å². The van der Waals surface area contributed by atoms with Gasteiger partial charge in [0.15, 0.2) is 5.96 Å². The Kier molecular flexibility index (Phi) is 8.89. The van der Waals surface area contributed by atoms with Crippen LogP contribution in [0.25, 0.3) is 0 Å². The molecule has 0 spiro atoms. The predicted octanol–water partition coefficient (Wildman–Crippen LogP) is 3.18. The summed E-state index contributed by atoms with van der Waals surface area (Å²) in [6.07, 6.45) is 3.73. The van der Waals surface area contributed by atoms with E-state index in [2.05, 4.69) is 15.6 Å². The van der Waals surface area contributed by atoms with E-state index in [-0.39, 0.29) is 24.0 Å². The molecule has 0 radical (unpaired) electrons. The maximum atomic E-state index is 6.05. The van der Waals surface area contributed by atoms with E-state index in [1.54, 1.807) is 7.05 Å². The number of aromatic nitrogens is 1. The highest BCUT2D eigenvalue weighted by molar-refractivity contribution is 14.0.